The molecule has 22 heavy (non-hydrogen) atoms. The molecule has 2 rings (SSSR count). The zero-order valence-electron chi connectivity index (χ0n) is 11.3. The molecule has 1 aromatic heterocycles. The van der Waals surface area contributed by atoms with Gasteiger partial charge in [-0.2, -0.15) is 0 Å². The third-order valence-electron chi connectivity index (χ3n) is 3.16. The van der Waals surface area contributed by atoms with Gasteiger partial charge >= 0.3 is 13.5 Å². The molecule has 1 saturated heterocycles. The van der Waals surface area contributed by atoms with Crippen LogP contribution in [-0.2, 0) is 13.8 Å². The van der Waals surface area contributed by atoms with E-state index in [0.717, 1.165) is 10.8 Å². The summed E-state index contributed by atoms with van der Waals surface area (Å²) in [6, 6.07) is 0. The van der Waals surface area contributed by atoms with Crippen LogP contribution < -0.4 is 11.2 Å². The molecule has 12 heteroatoms. The van der Waals surface area contributed by atoms with Crippen molar-refractivity contribution in [1.29, 1.82) is 0 Å². The van der Waals surface area contributed by atoms with Crippen molar-refractivity contribution in [2.45, 2.75) is 31.5 Å². The van der Waals surface area contributed by atoms with Crippen LogP contribution >= 0.6 is 7.82 Å². The van der Waals surface area contributed by atoms with Gasteiger partial charge in [0.1, 0.15) is 18.3 Å². The number of nitrogens with one attached hydrogen (secondary N) is 1. The highest BCUT2D eigenvalue weighted by molar-refractivity contribution is 7.46. The Morgan fingerprint density at radius 2 is 2.00 bits per heavy atom. The number of aliphatic hydroxyl groups excluding tert-OH is 2. The van der Waals surface area contributed by atoms with Gasteiger partial charge in [-0.05, 0) is 6.92 Å². The lowest BCUT2D eigenvalue weighted by Crippen LogP contribution is -2.38. The van der Waals surface area contributed by atoms with E-state index in [1.165, 1.54) is 6.92 Å². The van der Waals surface area contributed by atoms with Crippen LogP contribution in [0.1, 0.15) is 11.8 Å². The van der Waals surface area contributed by atoms with Crippen LogP contribution in [0.4, 0.5) is 0 Å². The Hall–Kier alpha value is -1.33. The lowest BCUT2D eigenvalue weighted by atomic mass is 10.1. The normalized spacial score (nSPS) is 29.0. The summed E-state index contributed by atoms with van der Waals surface area (Å²) in [5.74, 6) is 0. The second-order valence-electron chi connectivity index (χ2n) is 4.81. The molecule has 1 fully saturated rings. The molecule has 0 unspecified atom stereocenters. The largest absolute Gasteiger partial charge is 0.469 e. The summed E-state index contributed by atoms with van der Waals surface area (Å²) in [4.78, 5) is 42.3. The van der Waals surface area contributed by atoms with Crippen molar-refractivity contribution in [2.75, 3.05) is 6.61 Å². The summed E-state index contributed by atoms with van der Waals surface area (Å²) in [6.07, 6.45) is -4.52. The molecule has 1 aliphatic rings. The molecule has 0 bridgehead atoms. The first kappa shape index (κ1) is 17.0. The van der Waals surface area contributed by atoms with E-state index >= 15 is 0 Å². The lowest BCUT2D eigenvalue weighted by molar-refractivity contribution is -0.0543. The van der Waals surface area contributed by atoms with Gasteiger partial charge in [-0.1, -0.05) is 0 Å². The molecule has 0 spiro atoms. The average Bonchev–Trinajstić information content (AvgIpc) is 2.68. The number of nitrogens with zero attached hydrogens (tertiary/aromatic N) is 1. The second-order valence-corrected chi connectivity index (χ2v) is 6.05. The highest BCUT2D eigenvalue weighted by Crippen LogP contribution is 2.38. The number of phosphoric acid groups is 1. The number of aryl methyl sites for hydroxylation is 1. The summed E-state index contributed by atoms with van der Waals surface area (Å²) >= 11 is 0. The van der Waals surface area contributed by atoms with Gasteiger partial charge in [0, 0.05) is 11.8 Å². The molecule has 4 atom stereocenters. The van der Waals surface area contributed by atoms with Gasteiger partial charge in [0.15, 0.2) is 6.23 Å². The molecule has 5 N–H and O–H groups in total. The first-order chi connectivity index (χ1) is 10.1. The topological polar surface area (TPSA) is 171 Å². The maximum atomic E-state index is 11.7. The zero-order chi connectivity index (χ0) is 16.7. The molecule has 2 heterocycles. The average molecular weight is 338 g/mol. The second kappa shape index (κ2) is 6.05. The highest BCUT2D eigenvalue weighted by Gasteiger charge is 2.45. The predicted octanol–water partition coefficient (Wildman–Crippen LogP) is -2.43. The van der Waals surface area contributed by atoms with Gasteiger partial charge in [0.2, 0.25) is 0 Å². The maximum Gasteiger partial charge on any atom is 0.469 e. The number of aromatic nitrogens is 2. The Balaban J connectivity index is 2.23. The Morgan fingerprint density at radius 1 is 1.36 bits per heavy atom. The minimum atomic E-state index is -4.77. The van der Waals surface area contributed by atoms with Gasteiger partial charge < -0.3 is 24.7 Å². The van der Waals surface area contributed by atoms with Crippen molar-refractivity contribution >= 4 is 7.82 Å². The van der Waals surface area contributed by atoms with Crippen LogP contribution in [0.25, 0.3) is 0 Å². The molecule has 124 valence electrons. The monoisotopic (exact) mass is 338 g/mol. The summed E-state index contributed by atoms with van der Waals surface area (Å²) in [6.45, 7) is 0.747. The Kier molecular flexibility index (Phi) is 4.68. The van der Waals surface area contributed by atoms with E-state index in [1.54, 1.807) is 0 Å². The third kappa shape index (κ3) is 3.52. The van der Waals surface area contributed by atoms with Gasteiger partial charge in [-0.3, -0.25) is 18.9 Å². The zero-order valence-corrected chi connectivity index (χ0v) is 12.2. The number of hydrogen-bond donors (Lipinski definition) is 5. The van der Waals surface area contributed by atoms with Gasteiger partial charge in [0.25, 0.3) is 5.56 Å². The smallest absolute Gasteiger partial charge is 0.387 e. The molecule has 1 aliphatic heterocycles. The molecule has 0 saturated carbocycles. The SMILES string of the molecule is Cc1cn([C@@H]2O[C@H](COP(=O)(O)O)[C@@H](O)[C@@H]2O)c(=O)[nH]c1=O. The number of H-pyrrole nitrogens is 1. The summed E-state index contributed by atoms with van der Waals surface area (Å²) in [7, 11) is -4.77. The number of hydrogen-bond acceptors (Lipinski definition) is 7. The molecule has 0 radical (unpaired) electrons. The van der Waals surface area contributed by atoms with Gasteiger partial charge in [-0.25, -0.2) is 9.36 Å². The molecular formula is C10H15N2O9P. The van der Waals surface area contributed by atoms with Crippen LogP contribution in [0.3, 0.4) is 0 Å². The van der Waals surface area contributed by atoms with Crippen molar-refractivity contribution < 1.29 is 33.8 Å². The third-order valence-corrected chi connectivity index (χ3v) is 3.65. The van der Waals surface area contributed by atoms with E-state index < -0.39 is 50.2 Å². The fourth-order valence-corrected chi connectivity index (χ4v) is 2.38. The first-order valence-electron chi connectivity index (χ1n) is 6.14. The lowest BCUT2D eigenvalue weighted by Gasteiger charge is -2.17. The van der Waals surface area contributed by atoms with Crippen molar-refractivity contribution in [3.05, 3.63) is 32.6 Å². The van der Waals surface area contributed by atoms with Gasteiger partial charge in [-0.15, -0.1) is 0 Å². The van der Waals surface area contributed by atoms with E-state index in [2.05, 4.69) is 4.52 Å². The van der Waals surface area contributed by atoms with Crippen LogP contribution in [0.2, 0.25) is 0 Å². The minimum Gasteiger partial charge on any atom is -0.387 e. The van der Waals surface area contributed by atoms with Crippen LogP contribution in [-0.4, -0.2) is 54.5 Å². The van der Waals surface area contributed by atoms with Crippen LogP contribution in [0.5, 0.6) is 0 Å². The Morgan fingerprint density at radius 3 is 2.59 bits per heavy atom. The van der Waals surface area contributed by atoms with E-state index in [-0.39, 0.29) is 5.56 Å². The maximum absolute atomic E-state index is 11.7. The van der Waals surface area contributed by atoms with E-state index in [0.29, 0.717) is 0 Å². The van der Waals surface area contributed by atoms with Crippen molar-refractivity contribution in [3.63, 3.8) is 0 Å². The fraction of sp³-hybridized carbons (Fsp3) is 0.600. The van der Waals surface area contributed by atoms with Crippen molar-refractivity contribution in [3.8, 4) is 0 Å². The number of phosphoric ester groups is 1. The van der Waals surface area contributed by atoms with E-state index in [4.69, 9.17) is 14.5 Å². The quantitative estimate of drug-likeness (QED) is 0.374. The van der Waals surface area contributed by atoms with E-state index in [9.17, 15) is 24.4 Å². The molecule has 11 nitrogen and oxygen atoms in total. The number of aliphatic hydroxyl groups is 2. The molecule has 0 aliphatic carbocycles. The molecule has 0 aromatic carbocycles. The Labute approximate surface area is 123 Å². The minimum absolute atomic E-state index is 0.180. The van der Waals surface area contributed by atoms with Gasteiger partial charge in [0.05, 0.1) is 6.61 Å². The molecule has 1 aromatic rings. The predicted molar refractivity (Wildman–Crippen MR) is 70.0 cm³/mol. The van der Waals surface area contributed by atoms with E-state index in [1.807, 2.05) is 4.98 Å². The first-order valence-corrected chi connectivity index (χ1v) is 7.67. The molecular weight excluding hydrogens is 323 g/mol. The summed E-state index contributed by atoms with van der Waals surface area (Å²) in [5, 5.41) is 19.7. The number of rotatable bonds is 4. The highest BCUT2D eigenvalue weighted by atomic mass is 31.2. The number of ether oxygens (including phenoxy) is 1. The summed E-state index contributed by atoms with van der Waals surface area (Å²) in [5.41, 5.74) is -1.28. The number of aromatic amines is 1. The van der Waals surface area contributed by atoms with Crippen LogP contribution in [0.15, 0.2) is 15.8 Å². The molecule has 0 amide bonds. The standard InChI is InChI=1S/C10H15N2O9P/c1-4-2-12(10(16)11-8(4)15)9-7(14)6(13)5(21-9)3-20-22(17,18)19/h2,5-7,9,13-14H,3H2,1H3,(H,11,15,16)(H2,17,18,19)/t5-,6-,7+,9-/m1/s1. The Bertz CT molecular complexity index is 707. The summed E-state index contributed by atoms with van der Waals surface area (Å²) < 4.78 is 20.9. The van der Waals surface area contributed by atoms with Crippen LogP contribution in [0, 0.1) is 6.92 Å². The van der Waals surface area contributed by atoms with Crippen molar-refractivity contribution in [1.82, 2.24) is 9.55 Å². The fourth-order valence-electron chi connectivity index (χ4n) is 2.04. The van der Waals surface area contributed by atoms with Crippen molar-refractivity contribution in [2.24, 2.45) is 0 Å².